The van der Waals surface area contributed by atoms with E-state index in [1.807, 2.05) is 53.9 Å². The van der Waals surface area contributed by atoms with E-state index >= 15 is 0 Å². The molecule has 0 aromatic carbocycles. The number of nitrogens with zero attached hydrogens (tertiary/aromatic N) is 2. The molecule has 0 fully saturated rings. The van der Waals surface area contributed by atoms with Crippen LogP contribution in [0.1, 0.15) is 59.4 Å². The Morgan fingerprint density at radius 1 is 0.867 bits per heavy atom. The lowest BCUT2D eigenvalue weighted by atomic mass is 10.4. The zero-order valence-corrected chi connectivity index (χ0v) is 11.8. The van der Waals surface area contributed by atoms with Gasteiger partial charge in [0.15, 0.2) is 0 Å². The Hall–Kier alpha value is -0.920. The molecule has 1 aromatic rings. The number of aryl methyl sites for hydroxylation is 2. The molecule has 0 aliphatic rings. The van der Waals surface area contributed by atoms with Crippen LogP contribution in [0.15, 0.2) is 12.4 Å². The van der Waals surface area contributed by atoms with Crippen LogP contribution < -0.4 is 0 Å². The van der Waals surface area contributed by atoms with Gasteiger partial charge in [-0.1, -0.05) is 48.0 Å². The van der Waals surface area contributed by atoms with E-state index in [1.54, 1.807) is 0 Å². The topological polar surface area (TPSA) is 25.8 Å². The summed E-state index contributed by atoms with van der Waals surface area (Å²) >= 11 is 0. The first-order valence-corrected chi connectivity index (χ1v) is 5.96. The summed E-state index contributed by atoms with van der Waals surface area (Å²) in [5.74, 6) is 0.829. The van der Waals surface area contributed by atoms with E-state index in [0.29, 0.717) is 0 Å². The summed E-state index contributed by atoms with van der Waals surface area (Å²) in [6.45, 7) is 16.1. The molecule has 1 rings (SSSR count). The molecule has 0 aliphatic carbocycles. The van der Waals surface area contributed by atoms with Crippen molar-refractivity contribution in [3.05, 3.63) is 23.8 Å². The zero-order chi connectivity index (χ0) is 12.7. The molecule has 1 heterocycles. The van der Waals surface area contributed by atoms with Crippen molar-refractivity contribution in [2.45, 2.75) is 61.8 Å². The Kier molecular flexibility index (Phi) is 24.6. The van der Waals surface area contributed by atoms with Gasteiger partial charge < -0.3 is 0 Å². The van der Waals surface area contributed by atoms with E-state index in [9.17, 15) is 0 Å². The lowest BCUT2D eigenvalue weighted by Crippen LogP contribution is -1.84. The normalized spacial score (nSPS) is 6.93. The quantitative estimate of drug-likeness (QED) is 0.630. The molecule has 0 bridgehead atoms. The number of hydrogen-bond acceptors (Lipinski definition) is 2. The molecule has 0 amide bonds. The van der Waals surface area contributed by atoms with Gasteiger partial charge in [0.2, 0.25) is 0 Å². The Morgan fingerprint density at radius 2 is 1.13 bits per heavy atom. The van der Waals surface area contributed by atoms with Gasteiger partial charge in [0.1, 0.15) is 5.82 Å². The molecule has 2 nitrogen and oxygen atoms in total. The summed E-state index contributed by atoms with van der Waals surface area (Å²) in [4.78, 5) is 7.94. The largest absolute Gasteiger partial charge is 0.241 e. The van der Waals surface area contributed by atoms with E-state index in [2.05, 4.69) is 23.8 Å². The van der Waals surface area contributed by atoms with Crippen LogP contribution in [0, 0.1) is 13.8 Å². The van der Waals surface area contributed by atoms with E-state index in [1.165, 1.54) is 6.42 Å². The second-order valence-electron chi connectivity index (χ2n) is 2.51. The highest BCUT2D eigenvalue weighted by molar-refractivity contribution is 5.00. The van der Waals surface area contributed by atoms with Gasteiger partial charge in [-0.3, -0.25) is 0 Å². The molecule has 0 atom stereocenters. The zero-order valence-electron chi connectivity index (χ0n) is 11.8. The summed E-state index contributed by atoms with van der Waals surface area (Å²) in [5, 5.41) is 0. The standard InChI is InChI=1S/C6H8N2.C3H8.2C2H6/c1-5-3-7-6(2)8-4-5;1-3-2;2*1-2/h3-4H,1-2H3;3H2,1-2H3;2*1-2H3. The average Bonchev–Trinajstić information content (AvgIpc) is 2.29. The van der Waals surface area contributed by atoms with Gasteiger partial charge in [-0.25, -0.2) is 9.97 Å². The van der Waals surface area contributed by atoms with Crippen molar-refractivity contribution in [2.75, 3.05) is 0 Å². The number of hydrogen-bond donors (Lipinski definition) is 0. The first kappa shape index (κ1) is 19.6. The Balaban J connectivity index is -0.000000176. The first-order chi connectivity index (χ1) is 7.20. The van der Waals surface area contributed by atoms with Gasteiger partial charge in [0, 0.05) is 12.4 Å². The van der Waals surface area contributed by atoms with Crippen LogP contribution in [0.4, 0.5) is 0 Å². The molecule has 1 aromatic heterocycles. The Labute approximate surface area is 96.2 Å². The summed E-state index contributed by atoms with van der Waals surface area (Å²) in [7, 11) is 0. The third-order valence-electron chi connectivity index (χ3n) is 0.910. The lowest BCUT2D eigenvalue weighted by Gasteiger charge is -1.88. The van der Waals surface area contributed by atoms with Crippen molar-refractivity contribution in [1.82, 2.24) is 9.97 Å². The summed E-state index contributed by atoms with van der Waals surface area (Å²) in [5.41, 5.74) is 1.11. The van der Waals surface area contributed by atoms with Crippen LogP contribution in [0.25, 0.3) is 0 Å². The van der Waals surface area contributed by atoms with Gasteiger partial charge in [-0.05, 0) is 19.4 Å². The van der Waals surface area contributed by atoms with Crippen LogP contribution in [-0.4, -0.2) is 9.97 Å². The molecular formula is C13H28N2. The van der Waals surface area contributed by atoms with Gasteiger partial charge in [-0.2, -0.15) is 0 Å². The third-order valence-corrected chi connectivity index (χ3v) is 0.910. The van der Waals surface area contributed by atoms with Gasteiger partial charge in [0.05, 0.1) is 0 Å². The number of rotatable bonds is 0. The molecule has 0 saturated heterocycles. The van der Waals surface area contributed by atoms with Gasteiger partial charge in [-0.15, -0.1) is 0 Å². The molecule has 0 saturated carbocycles. The highest BCUT2D eigenvalue weighted by Crippen LogP contribution is 1.89. The predicted octanol–water partition coefficient (Wildman–Crippen LogP) is 4.56. The molecule has 15 heavy (non-hydrogen) atoms. The highest BCUT2D eigenvalue weighted by atomic mass is 14.8. The Bertz CT molecular complexity index is 159. The average molecular weight is 212 g/mol. The fourth-order valence-corrected chi connectivity index (χ4v) is 0.457. The molecule has 2 heteroatoms. The van der Waals surface area contributed by atoms with E-state index in [-0.39, 0.29) is 0 Å². The Morgan fingerprint density at radius 3 is 1.33 bits per heavy atom. The summed E-state index contributed by atoms with van der Waals surface area (Å²) in [6.07, 6.45) is 4.87. The maximum atomic E-state index is 3.97. The van der Waals surface area contributed by atoms with Crippen molar-refractivity contribution in [2.24, 2.45) is 0 Å². The van der Waals surface area contributed by atoms with Gasteiger partial charge in [0.25, 0.3) is 0 Å². The van der Waals surface area contributed by atoms with Crippen molar-refractivity contribution in [3.63, 3.8) is 0 Å². The van der Waals surface area contributed by atoms with Crippen LogP contribution in [0.3, 0.4) is 0 Å². The van der Waals surface area contributed by atoms with Crippen LogP contribution in [0.2, 0.25) is 0 Å². The minimum absolute atomic E-state index is 0.829. The van der Waals surface area contributed by atoms with Crippen molar-refractivity contribution < 1.29 is 0 Å². The van der Waals surface area contributed by atoms with Gasteiger partial charge >= 0.3 is 0 Å². The lowest BCUT2D eigenvalue weighted by molar-refractivity contribution is 1.03. The molecule has 0 radical (unpaired) electrons. The molecule has 0 unspecified atom stereocenters. The fraction of sp³-hybridized carbons (Fsp3) is 0.692. The SMILES string of the molecule is CC.CC.CCC.Cc1cnc(C)nc1. The second-order valence-corrected chi connectivity index (χ2v) is 2.51. The van der Waals surface area contributed by atoms with Crippen molar-refractivity contribution >= 4 is 0 Å². The molecule has 0 spiro atoms. The summed E-state index contributed by atoms with van der Waals surface area (Å²) < 4.78 is 0. The van der Waals surface area contributed by atoms with Crippen LogP contribution in [-0.2, 0) is 0 Å². The third kappa shape index (κ3) is 19.5. The van der Waals surface area contributed by atoms with E-state index in [0.717, 1.165) is 11.4 Å². The monoisotopic (exact) mass is 212 g/mol. The van der Waals surface area contributed by atoms with Crippen molar-refractivity contribution in [1.29, 1.82) is 0 Å². The maximum Gasteiger partial charge on any atom is 0.125 e. The van der Waals surface area contributed by atoms with Crippen molar-refractivity contribution in [3.8, 4) is 0 Å². The predicted molar refractivity (Wildman–Crippen MR) is 70.2 cm³/mol. The second kappa shape index (κ2) is 18.8. The van der Waals surface area contributed by atoms with E-state index < -0.39 is 0 Å². The molecular weight excluding hydrogens is 184 g/mol. The van der Waals surface area contributed by atoms with Crippen LogP contribution in [0.5, 0.6) is 0 Å². The minimum Gasteiger partial charge on any atom is -0.241 e. The molecule has 90 valence electrons. The first-order valence-electron chi connectivity index (χ1n) is 5.96. The molecule has 0 N–H and O–H groups in total. The molecule has 0 aliphatic heterocycles. The van der Waals surface area contributed by atoms with E-state index in [4.69, 9.17) is 0 Å². The van der Waals surface area contributed by atoms with Crippen LogP contribution >= 0.6 is 0 Å². The highest BCUT2D eigenvalue weighted by Gasteiger charge is 1.82. The number of aromatic nitrogens is 2. The summed E-state index contributed by atoms with van der Waals surface area (Å²) in [6, 6.07) is 0. The fourth-order valence-electron chi connectivity index (χ4n) is 0.457. The smallest absolute Gasteiger partial charge is 0.125 e. The maximum absolute atomic E-state index is 3.97. The minimum atomic E-state index is 0.829.